The number of carbonyl (C=O) groups excluding carboxylic acids is 1. The van der Waals surface area contributed by atoms with E-state index in [1.165, 1.54) is 28.7 Å². The maximum Gasteiger partial charge on any atom is 0.257 e. The predicted octanol–water partition coefficient (Wildman–Crippen LogP) is 0.270. The van der Waals surface area contributed by atoms with E-state index in [1.807, 2.05) is 0 Å². The van der Waals surface area contributed by atoms with Gasteiger partial charge in [-0.15, -0.1) is 0 Å². The van der Waals surface area contributed by atoms with Crippen molar-refractivity contribution in [1.29, 1.82) is 0 Å². The van der Waals surface area contributed by atoms with Crippen LogP contribution in [0.25, 0.3) is 0 Å². The van der Waals surface area contributed by atoms with Gasteiger partial charge in [-0.1, -0.05) is 11.8 Å². The highest BCUT2D eigenvalue weighted by Crippen LogP contribution is 2.31. The molecule has 3 heterocycles. The van der Waals surface area contributed by atoms with E-state index in [9.17, 15) is 14.4 Å². The third-order valence-corrected chi connectivity index (χ3v) is 5.12. The molecule has 25 heavy (non-hydrogen) atoms. The monoisotopic (exact) mass is 361 g/mol. The number of hydrogen-bond acceptors (Lipinski definition) is 6. The van der Waals surface area contributed by atoms with Gasteiger partial charge in [0.15, 0.2) is 5.16 Å². The zero-order valence-corrected chi connectivity index (χ0v) is 14.9. The van der Waals surface area contributed by atoms with Gasteiger partial charge >= 0.3 is 0 Å². The van der Waals surface area contributed by atoms with Crippen molar-refractivity contribution in [1.82, 2.24) is 24.4 Å². The second-order valence-electron chi connectivity index (χ2n) is 5.98. The zero-order chi connectivity index (χ0) is 18.0. The number of aryl methyl sites for hydroxylation is 2. The maximum absolute atomic E-state index is 12.2. The molecule has 1 unspecified atom stereocenters. The number of amides is 1. The second-order valence-corrected chi connectivity index (χ2v) is 6.97. The average Bonchev–Trinajstić information content (AvgIpc) is 2.96. The van der Waals surface area contributed by atoms with Gasteiger partial charge < -0.3 is 5.32 Å². The van der Waals surface area contributed by atoms with Crippen LogP contribution in [-0.2, 0) is 11.3 Å². The van der Waals surface area contributed by atoms with E-state index >= 15 is 0 Å². The van der Waals surface area contributed by atoms with Gasteiger partial charge in [-0.3, -0.25) is 23.5 Å². The molecule has 2 aromatic heterocycles. The Hall–Kier alpha value is -2.42. The number of rotatable bonds is 5. The van der Waals surface area contributed by atoms with Gasteiger partial charge in [0, 0.05) is 48.8 Å². The summed E-state index contributed by atoms with van der Waals surface area (Å²) in [7, 11) is 0. The molecule has 3 rings (SSSR count). The minimum atomic E-state index is -0.191. The summed E-state index contributed by atoms with van der Waals surface area (Å²) < 4.78 is 3.06. The van der Waals surface area contributed by atoms with Gasteiger partial charge in [-0.25, -0.2) is 9.97 Å². The number of nitrogens with one attached hydrogen (secondary N) is 1. The van der Waals surface area contributed by atoms with Crippen molar-refractivity contribution in [2.24, 2.45) is 0 Å². The number of hydrogen-bond donors (Lipinski definition) is 1. The Balaban J connectivity index is 1.57. The Morgan fingerprint density at radius 2 is 2.16 bits per heavy atom. The second kappa shape index (κ2) is 7.22. The lowest BCUT2D eigenvalue weighted by molar-refractivity contribution is -0.121. The van der Waals surface area contributed by atoms with Crippen molar-refractivity contribution in [3.05, 3.63) is 50.6 Å². The Bertz CT molecular complexity index is 921. The lowest BCUT2D eigenvalue weighted by atomic mass is 10.2. The molecule has 0 fully saturated rings. The molecule has 0 saturated heterocycles. The molecule has 1 N–H and O–H groups in total. The zero-order valence-electron chi connectivity index (χ0n) is 14.1. The molecular weight excluding hydrogens is 342 g/mol. The summed E-state index contributed by atoms with van der Waals surface area (Å²) >= 11 is 1.48. The highest BCUT2D eigenvalue weighted by atomic mass is 32.2. The quantitative estimate of drug-likeness (QED) is 0.768. The van der Waals surface area contributed by atoms with Gasteiger partial charge in [0.05, 0.1) is 12.4 Å². The topological polar surface area (TPSA) is 98.9 Å². The minimum Gasteiger partial charge on any atom is -0.354 e. The van der Waals surface area contributed by atoms with E-state index in [1.54, 1.807) is 24.6 Å². The number of aromatic nitrogens is 4. The summed E-state index contributed by atoms with van der Waals surface area (Å²) in [6.45, 7) is 4.16. The van der Waals surface area contributed by atoms with Crippen molar-refractivity contribution in [2.75, 3.05) is 12.3 Å². The van der Waals surface area contributed by atoms with Crippen LogP contribution >= 0.6 is 11.8 Å². The van der Waals surface area contributed by atoms with Crippen LogP contribution in [0.15, 0.2) is 33.3 Å². The van der Waals surface area contributed by atoms with E-state index < -0.39 is 0 Å². The van der Waals surface area contributed by atoms with Crippen molar-refractivity contribution >= 4 is 17.7 Å². The molecule has 132 valence electrons. The Morgan fingerprint density at radius 1 is 1.36 bits per heavy atom. The number of nitrogens with zero attached hydrogens (tertiary/aromatic N) is 4. The molecule has 0 bridgehead atoms. The SMILES string of the molecule is Cc1cc(=O)n(CCNC(=O)CC2CSc3ncc(C)c(=O)n32)cn1. The van der Waals surface area contributed by atoms with Crippen LogP contribution < -0.4 is 16.4 Å². The molecule has 1 aliphatic heterocycles. The summed E-state index contributed by atoms with van der Waals surface area (Å²) in [6, 6.07) is 1.26. The Labute approximate surface area is 148 Å². The van der Waals surface area contributed by atoms with Gasteiger partial charge in [-0.2, -0.15) is 0 Å². The molecule has 0 spiro atoms. The van der Waals surface area contributed by atoms with Crippen LogP contribution in [0.5, 0.6) is 0 Å². The lowest BCUT2D eigenvalue weighted by Gasteiger charge is -2.14. The molecule has 2 aromatic rings. The van der Waals surface area contributed by atoms with Crippen LogP contribution in [-0.4, -0.2) is 37.3 Å². The first-order valence-electron chi connectivity index (χ1n) is 7.96. The molecule has 8 nitrogen and oxygen atoms in total. The van der Waals surface area contributed by atoms with Crippen LogP contribution in [0.1, 0.15) is 23.7 Å². The number of thioether (sulfide) groups is 1. The number of fused-ring (bicyclic) bond motifs is 1. The standard InChI is InChI=1S/C16H19N5O3S/c1-10-7-18-16-21(15(10)24)12(8-25-16)6-13(22)17-3-4-20-9-19-11(2)5-14(20)23/h5,7,9,12H,3-4,6,8H2,1-2H3,(H,17,22). The van der Waals surface area contributed by atoms with Gasteiger partial charge in [0.25, 0.3) is 11.1 Å². The summed E-state index contributed by atoms with van der Waals surface area (Å²) in [5, 5.41) is 3.45. The van der Waals surface area contributed by atoms with Crippen molar-refractivity contribution in [3.8, 4) is 0 Å². The summed E-state index contributed by atoms with van der Waals surface area (Å²) in [4.78, 5) is 44.5. The molecule has 0 saturated carbocycles. The largest absolute Gasteiger partial charge is 0.354 e. The molecule has 1 aliphatic rings. The average molecular weight is 361 g/mol. The smallest absolute Gasteiger partial charge is 0.257 e. The van der Waals surface area contributed by atoms with Crippen molar-refractivity contribution < 1.29 is 4.79 Å². The fraction of sp³-hybridized carbons (Fsp3) is 0.438. The Morgan fingerprint density at radius 3 is 2.92 bits per heavy atom. The van der Waals surface area contributed by atoms with Crippen LogP contribution in [0.3, 0.4) is 0 Å². The molecule has 0 aliphatic carbocycles. The van der Waals surface area contributed by atoms with Gasteiger partial charge in [0.1, 0.15) is 0 Å². The highest BCUT2D eigenvalue weighted by Gasteiger charge is 2.27. The third kappa shape index (κ3) is 3.81. The van der Waals surface area contributed by atoms with Crippen LogP contribution in [0, 0.1) is 13.8 Å². The maximum atomic E-state index is 12.2. The van der Waals surface area contributed by atoms with Gasteiger partial charge in [0.2, 0.25) is 5.91 Å². The first kappa shape index (κ1) is 17.4. The molecular formula is C16H19N5O3S. The minimum absolute atomic E-state index is 0.0925. The predicted molar refractivity (Wildman–Crippen MR) is 93.9 cm³/mol. The summed E-state index contributed by atoms with van der Waals surface area (Å²) in [5.74, 6) is 0.500. The molecule has 1 amide bonds. The summed E-state index contributed by atoms with van der Waals surface area (Å²) in [5.41, 5.74) is 1.00. The first-order chi connectivity index (χ1) is 12.0. The van der Waals surface area contributed by atoms with Gasteiger partial charge in [-0.05, 0) is 13.8 Å². The first-order valence-corrected chi connectivity index (χ1v) is 8.95. The van der Waals surface area contributed by atoms with Crippen LogP contribution in [0.4, 0.5) is 0 Å². The highest BCUT2D eigenvalue weighted by molar-refractivity contribution is 7.99. The summed E-state index contributed by atoms with van der Waals surface area (Å²) in [6.07, 6.45) is 3.25. The van der Waals surface area contributed by atoms with Crippen LogP contribution in [0.2, 0.25) is 0 Å². The molecule has 1 atom stereocenters. The fourth-order valence-electron chi connectivity index (χ4n) is 2.66. The van der Waals surface area contributed by atoms with Crippen molar-refractivity contribution in [3.63, 3.8) is 0 Å². The van der Waals surface area contributed by atoms with E-state index in [2.05, 4.69) is 15.3 Å². The van der Waals surface area contributed by atoms with E-state index in [0.717, 1.165) is 0 Å². The third-order valence-electron chi connectivity index (χ3n) is 4.01. The van der Waals surface area contributed by atoms with E-state index in [4.69, 9.17) is 0 Å². The van der Waals surface area contributed by atoms with E-state index in [0.29, 0.717) is 35.3 Å². The fourth-order valence-corrected chi connectivity index (χ4v) is 3.76. The Kier molecular flexibility index (Phi) is 5.03. The molecule has 0 aromatic carbocycles. The van der Waals surface area contributed by atoms with Crippen molar-refractivity contribution in [2.45, 2.75) is 38.0 Å². The molecule has 0 radical (unpaired) electrons. The normalized spacial score (nSPS) is 15.8. The number of carbonyl (C=O) groups is 1. The lowest BCUT2D eigenvalue weighted by Crippen LogP contribution is -2.34. The van der Waals surface area contributed by atoms with E-state index in [-0.39, 0.29) is 29.5 Å². The molecule has 9 heteroatoms.